The lowest BCUT2D eigenvalue weighted by Crippen LogP contribution is -2.50. The van der Waals surface area contributed by atoms with Crippen molar-refractivity contribution >= 4 is 12.0 Å². The standard InChI is InChI=1S/C12H19F3N2O4/c1-2-4-16(6-7-18)10(21)17-5-3-11(8-17,9(19)20)12(13,14)15/h18H,2-8H2,1H3,(H,19,20). The molecular weight excluding hydrogens is 293 g/mol. The number of urea groups is 1. The van der Waals surface area contributed by atoms with Crippen LogP contribution in [0.15, 0.2) is 0 Å². The van der Waals surface area contributed by atoms with E-state index in [1.54, 1.807) is 6.92 Å². The van der Waals surface area contributed by atoms with Gasteiger partial charge in [-0.1, -0.05) is 6.92 Å². The highest BCUT2D eigenvalue weighted by molar-refractivity contribution is 5.80. The largest absolute Gasteiger partial charge is 0.481 e. The van der Waals surface area contributed by atoms with Crippen LogP contribution < -0.4 is 0 Å². The van der Waals surface area contributed by atoms with E-state index < -0.39 is 36.6 Å². The van der Waals surface area contributed by atoms with Crippen molar-refractivity contribution in [3.63, 3.8) is 0 Å². The van der Waals surface area contributed by atoms with Crippen LogP contribution in [0.25, 0.3) is 0 Å². The number of carbonyl (C=O) groups excluding carboxylic acids is 1. The Morgan fingerprint density at radius 1 is 1.33 bits per heavy atom. The van der Waals surface area contributed by atoms with Gasteiger partial charge >= 0.3 is 18.2 Å². The van der Waals surface area contributed by atoms with Gasteiger partial charge in [0, 0.05) is 26.2 Å². The smallest absolute Gasteiger partial charge is 0.406 e. The summed E-state index contributed by atoms with van der Waals surface area (Å²) in [5, 5.41) is 17.8. The van der Waals surface area contributed by atoms with E-state index in [1.165, 1.54) is 4.90 Å². The Morgan fingerprint density at radius 3 is 2.33 bits per heavy atom. The van der Waals surface area contributed by atoms with Gasteiger partial charge in [-0.2, -0.15) is 13.2 Å². The molecule has 1 atom stereocenters. The molecule has 0 spiro atoms. The van der Waals surface area contributed by atoms with Gasteiger partial charge in [-0.05, 0) is 12.8 Å². The third-order valence-corrected chi connectivity index (χ3v) is 3.63. The van der Waals surface area contributed by atoms with Crippen LogP contribution in [0.5, 0.6) is 0 Å². The minimum absolute atomic E-state index is 0.00919. The SMILES string of the molecule is CCCN(CCO)C(=O)N1CCC(C(=O)O)(C(F)(F)F)C1. The zero-order chi connectivity index (χ0) is 16.3. The number of carboxylic acid groups (broad SMARTS) is 1. The monoisotopic (exact) mass is 312 g/mol. The van der Waals surface area contributed by atoms with Gasteiger partial charge in [-0.25, -0.2) is 4.79 Å². The lowest BCUT2D eigenvalue weighted by Gasteiger charge is -2.30. The predicted octanol–water partition coefficient (Wildman–Crippen LogP) is 1.15. The molecule has 2 N–H and O–H groups in total. The van der Waals surface area contributed by atoms with Gasteiger partial charge in [0.15, 0.2) is 5.41 Å². The van der Waals surface area contributed by atoms with Gasteiger partial charge in [0.25, 0.3) is 0 Å². The summed E-state index contributed by atoms with van der Waals surface area (Å²) in [5.41, 5.74) is -2.90. The van der Waals surface area contributed by atoms with Gasteiger partial charge in [-0.15, -0.1) is 0 Å². The first kappa shape index (κ1) is 17.5. The zero-order valence-corrected chi connectivity index (χ0v) is 11.7. The second kappa shape index (κ2) is 6.50. The summed E-state index contributed by atoms with van der Waals surface area (Å²) < 4.78 is 39.1. The number of alkyl halides is 3. The maximum atomic E-state index is 13.0. The van der Waals surface area contributed by atoms with E-state index in [9.17, 15) is 22.8 Å². The van der Waals surface area contributed by atoms with E-state index in [4.69, 9.17) is 10.2 Å². The van der Waals surface area contributed by atoms with Crippen LogP contribution in [0.1, 0.15) is 19.8 Å². The van der Waals surface area contributed by atoms with E-state index in [2.05, 4.69) is 0 Å². The number of hydrogen-bond donors (Lipinski definition) is 2. The number of aliphatic carboxylic acids is 1. The van der Waals surface area contributed by atoms with Gasteiger partial charge < -0.3 is 20.0 Å². The molecule has 2 amide bonds. The molecule has 21 heavy (non-hydrogen) atoms. The molecule has 0 aromatic heterocycles. The number of halogens is 3. The molecule has 0 saturated carbocycles. The van der Waals surface area contributed by atoms with Crippen LogP contribution in [0, 0.1) is 5.41 Å². The summed E-state index contributed by atoms with van der Waals surface area (Å²) in [6.07, 6.45) is -4.99. The molecule has 0 aromatic rings. The van der Waals surface area contributed by atoms with E-state index >= 15 is 0 Å². The Morgan fingerprint density at radius 2 is 1.95 bits per heavy atom. The average molecular weight is 312 g/mol. The van der Waals surface area contributed by atoms with Crippen molar-refractivity contribution in [3.05, 3.63) is 0 Å². The van der Waals surface area contributed by atoms with Crippen molar-refractivity contribution in [1.29, 1.82) is 0 Å². The Labute approximate surface area is 120 Å². The van der Waals surface area contributed by atoms with Crippen molar-refractivity contribution in [3.8, 4) is 0 Å². The van der Waals surface area contributed by atoms with Crippen molar-refractivity contribution in [1.82, 2.24) is 9.80 Å². The molecule has 0 aromatic carbocycles. The molecule has 0 bridgehead atoms. The van der Waals surface area contributed by atoms with Gasteiger partial charge in [0.2, 0.25) is 0 Å². The highest BCUT2D eigenvalue weighted by Crippen LogP contribution is 2.45. The van der Waals surface area contributed by atoms with Gasteiger partial charge in [-0.3, -0.25) is 4.79 Å². The number of rotatable bonds is 5. The van der Waals surface area contributed by atoms with E-state index in [1.807, 2.05) is 0 Å². The molecule has 1 heterocycles. The van der Waals surface area contributed by atoms with Crippen LogP contribution in [0.4, 0.5) is 18.0 Å². The molecule has 9 heteroatoms. The fraction of sp³-hybridized carbons (Fsp3) is 0.833. The van der Waals surface area contributed by atoms with Crippen LogP contribution in [-0.4, -0.2) is 71.0 Å². The maximum absolute atomic E-state index is 13.0. The van der Waals surface area contributed by atoms with E-state index in [0.717, 1.165) is 4.90 Å². The third-order valence-electron chi connectivity index (χ3n) is 3.63. The van der Waals surface area contributed by atoms with Crippen molar-refractivity contribution in [2.45, 2.75) is 25.9 Å². The maximum Gasteiger partial charge on any atom is 0.406 e. The quantitative estimate of drug-likeness (QED) is 0.798. The summed E-state index contributed by atoms with van der Waals surface area (Å²) in [7, 11) is 0. The Hall–Kier alpha value is -1.51. The van der Waals surface area contributed by atoms with Crippen LogP contribution in [-0.2, 0) is 4.79 Å². The second-order valence-electron chi connectivity index (χ2n) is 5.05. The molecule has 1 aliphatic heterocycles. The number of hydrogen-bond acceptors (Lipinski definition) is 3. The number of likely N-dealkylation sites (tertiary alicyclic amines) is 1. The fourth-order valence-electron chi connectivity index (χ4n) is 2.39. The Bertz CT molecular complexity index is 396. The first-order valence-electron chi connectivity index (χ1n) is 6.64. The van der Waals surface area contributed by atoms with Crippen molar-refractivity contribution in [2.24, 2.45) is 5.41 Å². The molecule has 0 radical (unpaired) electrons. The first-order chi connectivity index (χ1) is 9.69. The van der Waals surface area contributed by atoms with Gasteiger partial charge in [0.1, 0.15) is 0 Å². The molecule has 122 valence electrons. The molecular formula is C12H19F3N2O4. The highest BCUT2D eigenvalue weighted by Gasteiger charge is 2.64. The Balaban J connectivity index is 2.89. The molecule has 1 saturated heterocycles. The molecule has 6 nitrogen and oxygen atoms in total. The molecule has 1 aliphatic rings. The summed E-state index contributed by atoms with van der Waals surface area (Å²) in [5.74, 6) is -1.96. The number of nitrogens with zero attached hydrogens (tertiary/aromatic N) is 2. The predicted molar refractivity (Wildman–Crippen MR) is 66.7 cm³/mol. The second-order valence-corrected chi connectivity index (χ2v) is 5.05. The van der Waals surface area contributed by atoms with E-state index in [-0.39, 0.29) is 19.7 Å². The zero-order valence-electron chi connectivity index (χ0n) is 11.7. The number of carbonyl (C=O) groups is 2. The minimum atomic E-state index is -4.92. The summed E-state index contributed by atoms with van der Waals surface area (Å²) in [6, 6.07) is -0.668. The van der Waals surface area contributed by atoms with Crippen LogP contribution in [0.3, 0.4) is 0 Å². The summed E-state index contributed by atoms with van der Waals surface area (Å²) in [6.45, 7) is 0.631. The average Bonchev–Trinajstić information content (AvgIpc) is 2.83. The Kier molecular flexibility index (Phi) is 5.43. The highest BCUT2D eigenvalue weighted by atomic mass is 19.4. The molecule has 1 rings (SSSR count). The first-order valence-corrected chi connectivity index (χ1v) is 6.64. The molecule has 0 aliphatic carbocycles. The van der Waals surface area contributed by atoms with Gasteiger partial charge in [0.05, 0.1) is 6.61 Å². The molecule has 1 unspecified atom stereocenters. The summed E-state index contributed by atoms with van der Waals surface area (Å²) in [4.78, 5) is 25.3. The lowest BCUT2D eigenvalue weighted by molar-refractivity contribution is -0.227. The van der Waals surface area contributed by atoms with E-state index in [0.29, 0.717) is 13.0 Å². The van der Waals surface area contributed by atoms with Crippen molar-refractivity contribution < 1.29 is 33.0 Å². The number of amides is 2. The normalized spacial score (nSPS) is 22.4. The molecule has 1 fully saturated rings. The number of carboxylic acids is 1. The number of aliphatic hydroxyl groups excluding tert-OH is 1. The van der Waals surface area contributed by atoms with Crippen LogP contribution in [0.2, 0.25) is 0 Å². The topological polar surface area (TPSA) is 81.1 Å². The lowest BCUT2D eigenvalue weighted by atomic mass is 9.86. The van der Waals surface area contributed by atoms with Crippen molar-refractivity contribution in [2.75, 3.05) is 32.8 Å². The van der Waals surface area contributed by atoms with Crippen LogP contribution >= 0.6 is 0 Å². The number of aliphatic hydroxyl groups is 1. The fourth-order valence-corrected chi connectivity index (χ4v) is 2.39. The third kappa shape index (κ3) is 3.39. The minimum Gasteiger partial charge on any atom is -0.481 e. The summed E-state index contributed by atoms with van der Waals surface area (Å²) >= 11 is 0.